The number of halogens is 1. The number of benzene rings is 1. The Balaban J connectivity index is 2.37. The minimum Gasteiger partial charge on any atom is -0.468 e. The zero-order valence-electron chi connectivity index (χ0n) is 10.5. The van der Waals surface area contributed by atoms with Gasteiger partial charge >= 0.3 is 5.97 Å². The van der Waals surface area contributed by atoms with Gasteiger partial charge in [-0.05, 0) is 19.1 Å². The molecule has 0 saturated carbocycles. The number of allylic oxidation sites excluding steroid dienone is 1. The van der Waals surface area contributed by atoms with Gasteiger partial charge in [-0.1, -0.05) is 18.2 Å². The van der Waals surface area contributed by atoms with Gasteiger partial charge in [-0.15, -0.1) is 0 Å². The molecule has 4 nitrogen and oxygen atoms in total. The topological polar surface area (TPSA) is 55.7 Å². The molecule has 1 aromatic carbocycles. The van der Waals surface area contributed by atoms with Gasteiger partial charge in [0.05, 0.1) is 7.11 Å². The minimum atomic E-state index is -1.01. The molecule has 19 heavy (non-hydrogen) atoms. The zero-order chi connectivity index (χ0) is 14.0. The molecule has 1 unspecified atom stereocenters. The Bertz CT molecular complexity index is 604. The van der Waals surface area contributed by atoms with Crippen LogP contribution in [-0.2, 0) is 14.3 Å². The van der Waals surface area contributed by atoms with Crippen molar-refractivity contribution in [1.29, 1.82) is 0 Å². The molecule has 0 fully saturated rings. The summed E-state index contributed by atoms with van der Waals surface area (Å²) in [5, 5.41) is 0. The highest BCUT2D eigenvalue weighted by atomic mass is 19.1. The van der Waals surface area contributed by atoms with Crippen LogP contribution in [0.2, 0.25) is 0 Å². The van der Waals surface area contributed by atoms with Gasteiger partial charge in [0.1, 0.15) is 11.5 Å². The monoisotopic (exact) mass is 261 g/mol. The Morgan fingerprint density at radius 1 is 1.42 bits per heavy atom. The van der Waals surface area contributed by atoms with Gasteiger partial charge in [0, 0.05) is 11.3 Å². The summed E-state index contributed by atoms with van der Waals surface area (Å²) in [4.78, 5) is 27.5. The van der Waals surface area contributed by atoms with E-state index in [1.165, 1.54) is 25.3 Å². The number of ketones is 1. The van der Waals surface area contributed by atoms with E-state index >= 15 is 0 Å². The van der Waals surface area contributed by atoms with Crippen LogP contribution in [0, 0.1) is 11.7 Å². The molecule has 1 heterocycles. The van der Waals surface area contributed by atoms with Crippen LogP contribution in [0.3, 0.4) is 0 Å². The molecule has 0 amide bonds. The van der Waals surface area contributed by atoms with Crippen LogP contribution in [0.25, 0.3) is 6.08 Å². The molecular weight excluding hydrogens is 249 g/mol. The molecule has 1 aromatic rings. The largest absolute Gasteiger partial charge is 0.468 e. The van der Waals surface area contributed by atoms with Crippen molar-refractivity contribution in [2.75, 3.05) is 7.11 Å². The van der Waals surface area contributed by atoms with Crippen LogP contribution >= 0.6 is 0 Å². The van der Waals surface area contributed by atoms with Gasteiger partial charge in [-0.2, -0.15) is 0 Å². The highest BCUT2D eigenvalue weighted by Crippen LogP contribution is 2.23. The number of methoxy groups -OCH3 is 1. The van der Waals surface area contributed by atoms with Crippen LogP contribution < -0.4 is 0 Å². The van der Waals surface area contributed by atoms with Crippen LogP contribution in [0.15, 0.2) is 35.0 Å². The number of Topliss-reactive ketones (excluding diaryl/α,β-unsaturated/α-hetero) is 1. The lowest BCUT2D eigenvalue weighted by Gasteiger charge is -2.04. The number of esters is 1. The lowest BCUT2D eigenvalue weighted by Crippen LogP contribution is -2.27. The normalized spacial score (nSPS) is 20.6. The maximum absolute atomic E-state index is 13.5. The lowest BCUT2D eigenvalue weighted by molar-refractivity contribution is -0.145. The number of carbonyl (C=O) groups excluding carboxylic acids is 2. The van der Waals surface area contributed by atoms with Crippen molar-refractivity contribution in [3.8, 4) is 0 Å². The van der Waals surface area contributed by atoms with Gasteiger partial charge < -0.3 is 4.74 Å². The molecule has 0 aromatic heterocycles. The molecule has 0 aliphatic carbocycles. The first-order valence-electron chi connectivity index (χ1n) is 5.68. The summed E-state index contributed by atoms with van der Waals surface area (Å²) in [5.41, 5.74) is 0.686. The number of hydrogen-bond donors (Lipinski definition) is 0. The SMILES string of the molecule is COC(=O)C1C(=O)/C(=C\c2ccccc2F)N=C1C. The van der Waals surface area contributed by atoms with Gasteiger partial charge in [-0.3, -0.25) is 14.6 Å². The molecule has 0 spiro atoms. The number of rotatable bonds is 2. The van der Waals surface area contributed by atoms with Crippen molar-refractivity contribution in [3.63, 3.8) is 0 Å². The summed E-state index contributed by atoms with van der Waals surface area (Å²) < 4.78 is 18.0. The first kappa shape index (κ1) is 13.1. The summed E-state index contributed by atoms with van der Waals surface area (Å²) >= 11 is 0. The molecule has 1 aliphatic heterocycles. The molecular formula is C14H12FNO3. The van der Waals surface area contributed by atoms with E-state index in [2.05, 4.69) is 9.73 Å². The van der Waals surface area contributed by atoms with Gasteiger partial charge in [0.25, 0.3) is 0 Å². The van der Waals surface area contributed by atoms with Crippen molar-refractivity contribution in [1.82, 2.24) is 0 Å². The van der Waals surface area contributed by atoms with Crippen molar-refractivity contribution in [3.05, 3.63) is 41.3 Å². The lowest BCUT2D eigenvalue weighted by atomic mass is 10.0. The molecule has 2 rings (SSSR count). The van der Waals surface area contributed by atoms with Crippen LogP contribution in [0.1, 0.15) is 12.5 Å². The third kappa shape index (κ3) is 2.45. The number of ether oxygens (including phenoxy) is 1. The van der Waals surface area contributed by atoms with Crippen LogP contribution in [-0.4, -0.2) is 24.6 Å². The first-order chi connectivity index (χ1) is 9.04. The second kappa shape index (κ2) is 5.14. The maximum atomic E-state index is 13.5. The second-order valence-corrected chi connectivity index (χ2v) is 4.12. The van der Waals surface area contributed by atoms with E-state index in [0.29, 0.717) is 5.71 Å². The molecule has 5 heteroatoms. The van der Waals surface area contributed by atoms with E-state index in [0.717, 1.165) is 0 Å². The molecule has 0 radical (unpaired) electrons. The fourth-order valence-electron chi connectivity index (χ4n) is 1.89. The van der Waals surface area contributed by atoms with E-state index in [4.69, 9.17) is 0 Å². The minimum absolute atomic E-state index is 0.0676. The molecule has 0 bridgehead atoms. The van der Waals surface area contributed by atoms with E-state index in [9.17, 15) is 14.0 Å². The van der Waals surface area contributed by atoms with Gasteiger partial charge in [0.15, 0.2) is 5.92 Å². The van der Waals surface area contributed by atoms with Crippen LogP contribution in [0.5, 0.6) is 0 Å². The number of carbonyl (C=O) groups is 2. The Labute approximate surface area is 109 Å². The highest BCUT2D eigenvalue weighted by molar-refractivity contribution is 6.28. The van der Waals surface area contributed by atoms with E-state index < -0.39 is 23.5 Å². The van der Waals surface area contributed by atoms with Crippen molar-refractivity contribution in [2.24, 2.45) is 10.9 Å². The Kier molecular flexibility index (Phi) is 3.55. The number of hydrogen-bond acceptors (Lipinski definition) is 4. The second-order valence-electron chi connectivity index (χ2n) is 4.12. The van der Waals surface area contributed by atoms with E-state index in [1.54, 1.807) is 19.1 Å². The van der Waals surface area contributed by atoms with Crippen molar-refractivity contribution < 1.29 is 18.7 Å². The highest BCUT2D eigenvalue weighted by Gasteiger charge is 2.37. The maximum Gasteiger partial charge on any atom is 0.322 e. The Hall–Kier alpha value is -2.30. The van der Waals surface area contributed by atoms with Gasteiger partial charge in [-0.25, -0.2) is 4.39 Å². The molecule has 98 valence electrons. The molecule has 0 saturated heterocycles. The predicted octanol–water partition coefficient (Wildman–Crippen LogP) is 2.00. The zero-order valence-corrected chi connectivity index (χ0v) is 10.5. The third-order valence-electron chi connectivity index (χ3n) is 2.86. The predicted molar refractivity (Wildman–Crippen MR) is 68.0 cm³/mol. The van der Waals surface area contributed by atoms with Crippen molar-refractivity contribution in [2.45, 2.75) is 6.92 Å². The van der Waals surface area contributed by atoms with Gasteiger partial charge in [0.2, 0.25) is 5.78 Å². The number of aliphatic imine (C=N–C) groups is 1. The Morgan fingerprint density at radius 3 is 2.74 bits per heavy atom. The van der Waals surface area contributed by atoms with Crippen molar-refractivity contribution >= 4 is 23.5 Å². The summed E-state index contributed by atoms with van der Waals surface area (Å²) in [6.45, 7) is 1.57. The summed E-state index contributed by atoms with van der Waals surface area (Å²) in [6, 6.07) is 6.04. The number of nitrogens with zero attached hydrogens (tertiary/aromatic N) is 1. The molecule has 1 atom stereocenters. The quantitative estimate of drug-likeness (QED) is 0.465. The van der Waals surface area contributed by atoms with Crippen LogP contribution in [0.4, 0.5) is 4.39 Å². The van der Waals surface area contributed by atoms with E-state index in [-0.39, 0.29) is 11.3 Å². The third-order valence-corrected chi connectivity index (χ3v) is 2.86. The summed E-state index contributed by atoms with van der Waals surface area (Å²) in [6.07, 6.45) is 1.34. The average Bonchev–Trinajstić information content (AvgIpc) is 2.66. The smallest absolute Gasteiger partial charge is 0.322 e. The fourth-order valence-corrected chi connectivity index (χ4v) is 1.89. The standard InChI is InChI=1S/C14H12FNO3/c1-8-12(14(18)19-2)13(17)11(16-8)7-9-5-3-4-6-10(9)15/h3-7,12H,1-2H3/b11-7+. The molecule has 1 aliphatic rings. The summed E-state index contributed by atoms with van der Waals surface area (Å²) in [5.74, 6) is -2.57. The fraction of sp³-hybridized carbons (Fsp3) is 0.214. The average molecular weight is 261 g/mol. The first-order valence-corrected chi connectivity index (χ1v) is 5.68. The summed E-state index contributed by atoms with van der Waals surface area (Å²) in [7, 11) is 1.21. The Morgan fingerprint density at radius 2 is 2.11 bits per heavy atom. The van der Waals surface area contributed by atoms with E-state index in [1.807, 2.05) is 0 Å². The molecule has 0 N–H and O–H groups in total.